The number of hydrogen-bond acceptors (Lipinski definition) is 4. The van der Waals surface area contributed by atoms with Gasteiger partial charge in [-0.05, 0) is 36.4 Å². The number of rotatable bonds is 5. The Morgan fingerprint density at radius 2 is 1.87 bits per heavy atom. The lowest BCUT2D eigenvalue weighted by molar-refractivity contribution is 0.0951. The number of pyridine rings is 2. The van der Waals surface area contributed by atoms with Crippen LogP contribution in [0.15, 0.2) is 85.6 Å². The Labute approximate surface area is 183 Å². The number of amides is 1. The van der Waals surface area contributed by atoms with Crippen LogP contribution in [-0.4, -0.2) is 30.1 Å². The van der Waals surface area contributed by atoms with Crippen LogP contribution in [0.5, 0.6) is 0 Å². The molecular formula is C23H17ClN6O. The fourth-order valence-corrected chi connectivity index (χ4v) is 3.51. The van der Waals surface area contributed by atoms with Gasteiger partial charge in [-0.3, -0.25) is 9.78 Å². The van der Waals surface area contributed by atoms with Gasteiger partial charge in [0.1, 0.15) is 11.3 Å². The Morgan fingerprint density at radius 3 is 2.68 bits per heavy atom. The largest absolute Gasteiger partial charge is 0.346 e. The van der Waals surface area contributed by atoms with E-state index < -0.39 is 0 Å². The summed E-state index contributed by atoms with van der Waals surface area (Å²) in [5, 5.41) is 8.22. The van der Waals surface area contributed by atoms with Crippen LogP contribution in [0.1, 0.15) is 16.1 Å². The van der Waals surface area contributed by atoms with Crippen molar-refractivity contribution in [2.24, 2.45) is 0 Å². The van der Waals surface area contributed by atoms with Crippen molar-refractivity contribution in [3.8, 4) is 16.9 Å². The van der Waals surface area contributed by atoms with Crippen molar-refractivity contribution in [1.29, 1.82) is 0 Å². The summed E-state index contributed by atoms with van der Waals surface area (Å²) in [6.07, 6.45) is 8.74. The van der Waals surface area contributed by atoms with E-state index in [0.29, 0.717) is 16.3 Å². The lowest BCUT2D eigenvalue weighted by atomic mass is 10.1. The lowest BCUT2D eigenvalue weighted by Crippen LogP contribution is -2.23. The number of fused-ring (bicyclic) bond motifs is 1. The van der Waals surface area contributed by atoms with E-state index in [4.69, 9.17) is 11.6 Å². The first-order chi connectivity index (χ1) is 15.2. The maximum Gasteiger partial charge on any atom is 0.255 e. The van der Waals surface area contributed by atoms with E-state index in [-0.39, 0.29) is 12.5 Å². The van der Waals surface area contributed by atoms with E-state index in [1.165, 1.54) is 0 Å². The highest BCUT2D eigenvalue weighted by atomic mass is 35.5. The third-order valence-corrected chi connectivity index (χ3v) is 5.03. The monoisotopic (exact) mass is 428 g/mol. The number of imidazole rings is 1. The molecule has 0 spiro atoms. The molecular weight excluding hydrogens is 412 g/mol. The number of nitrogens with one attached hydrogen (secondary N) is 1. The summed E-state index contributed by atoms with van der Waals surface area (Å²) in [6.45, 7) is 0.279. The van der Waals surface area contributed by atoms with Crippen LogP contribution in [-0.2, 0) is 6.54 Å². The van der Waals surface area contributed by atoms with E-state index >= 15 is 0 Å². The Balaban J connectivity index is 1.44. The van der Waals surface area contributed by atoms with Crippen LogP contribution in [0, 0.1) is 0 Å². The third-order valence-electron chi connectivity index (χ3n) is 4.81. The molecule has 8 heteroatoms. The van der Waals surface area contributed by atoms with Gasteiger partial charge in [0.15, 0.2) is 0 Å². The Kier molecular flexibility index (Phi) is 4.93. The van der Waals surface area contributed by atoms with Crippen molar-refractivity contribution in [3.05, 3.63) is 102 Å². The van der Waals surface area contributed by atoms with Crippen LogP contribution in [0.4, 0.5) is 0 Å². The number of aromatic nitrogens is 5. The fourth-order valence-electron chi connectivity index (χ4n) is 3.34. The van der Waals surface area contributed by atoms with Gasteiger partial charge < -0.3 is 9.72 Å². The summed E-state index contributed by atoms with van der Waals surface area (Å²) in [4.78, 5) is 21.8. The SMILES string of the molecule is O=C(NCc1cn2cc(Cl)ccc2n1)c1cn(-c2ccccc2)nc1-c1cccnc1. The second kappa shape index (κ2) is 8.04. The molecule has 152 valence electrons. The molecule has 1 N–H and O–H groups in total. The minimum absolute atomic E-state index is 0.240. The molecule has 5 rings (SSSR count). The van der Waals surface area contributed by atoms with Crippen molar-refractivity contribution >= 4 is 23.2 Å². The highest BCUT2D eigenvalue weighted by Crippen LogP contribution is 2.23. The summed E-state index contributed by atoms with van der Waals surface area (Å²) < 4.78 is 3.53. The van der Waals surface area contributed by atoms with E-state index in [1.807, 2.05) is 59.1 Å². The zero-order valence-corrected chi connectivity index (χ0v) is 17.1. The van der Waals surface area contributed by atoms with Crippen LogP contribution >= 0.6 is 11.6 Å². The number of nitrogens with zero attached hydrogens (tertiary/aromatic N) is 5. The standard InChI is InChI=1S/C23H17ClN6O/c24-17-8-9-21-27-18(14-29(21)13-17)12-26-23(31)20-15-30(19-6-2-1-3-7-19)28-22(20)16-5-4-10-25-11-16/h1-11,13-15H,12H2,(H,26,31). The lowest BCUT2D eigenvalue weighted by Gasteiger charge is -2.03. The molecule has 0 atom stereocenters. The normalized spacial score (nSPS) is 11.0. The van der Waals surface area contributed by atoms with Crippen molar-refractivity contribution in [2.45, 2.75) is 6.54 Å². The first-order valence-corrected chi connectivity index (χ1v) is 10.0. The van der Waals surface area contributed by atoms with E-state index in [2.05, 4.69) is 20.4 Å². The maximum absolute atomic E-state index is 13.1. The zero-order valence-electron chi connectivity index (χ0n) is 16.3. The topological polar surface area (TPSA) is 77.1 Å². The number of carbonyl (C=O) groups is 1. The molecule has 0 bridgehead atoms. The molecule has 0 saturated carbocycles. The van der Waals surface area contributed by atoms with Crippen LogP contribution in [0.2, 0.25) is 5.02 Å². The van der Waals surface area contributed by atoms with Gasteiger partial charge >= 0.3 is 0 Å². The molecule has 0 aliphatic carbocycles. The van der Waals surface area contributed by atoms with Gasteiger partial charge in [-0.2, -0.15) is 5.10 Å². The van der Waals surface area contributed by atoms with Gasteiger partial charge in [-0.15, -0.1) is 0 Å². The average Bonchev–Trinajstić information content (AvgIpc) is 3.43. The molecule has 4 heterocycles. The van der Waals surface area contributed by atoms with Gasteiger partial charge in [0.25, 0.3) is 5.91 Å². The van der Waals surface area contributed by atoms with E-state index in [9.17, 15) is 4.79 Å². The van der Waals surface area contributed by atoms with E-state index in [0.717, 1.165) is 22.6 Å². The van der Waals surface area contributed by atoms with Crippen molar-refractivity contribution < 1.29 is 4.79 Å². The molecule has 4 aromatic heterocycles. The summed E-state index contributed by atoms with van der Waals surface area (Å²) >= 11 is 6.03. The van der Waals surface area contributed by atoms with Gasteiger partial charge in [0.2, 0.25) is 0 Å². The predicted octanol–water partition coefficient (Wildman–Crippen LogP) is 4.17. The molecule has 0 aliphatic rings. The molecule has 1 amide bonds. The molecule has 0 fully saturated rings. The molecule has 5 aromatic rings. The first kappa shape index (κ1) is 19.0. The predicted molar refractivity (Wildman–Crippen MR) is 118 cm³/mol. The quantitative estimate of drug-likeness (QED) is 0.456. The molecule has 1 aromatic carbocycles. The maximum atomic E-state index is 13.1. The highest BCUT2D eigenvalue weighted by molar-refractivity contribution is 6.30. The molecule has 0 aliphatic heterocycles. The van der Waals surface area contributed by atoms with Crippen LogP contribution in [0.25, 0.3) is 22.6 Å². The Bertz CT molecular complexity index is 1360. The van der Waals surface area contributed by atoms with Crippen molar-refractivity contribution in [2.75, 3.05) is 0 Å². The summed E-state index contributed by atoms with van der Waals surface area (Å²) in [5.41, 5.74) is 4.16. The second-order valence-corrected chi connectivity index (χ2v) is 7.38. The zero-order chi connectivity index (χ0) is 21.2. The Hall–Kier alpha value is -3.97. The van der Waals surface area contributed by atoms with Gasteiger partial charge in [-0.25, -0.2) is 9.67 Å². The molecule has 0 unspecified atom stereocenters. The minimum Gasteiger partial charge on any atom is -0.346 e. The van der Waals surface area contributed by atoms with Crippen molar-refractivity contribution in [1.82, 2.24) is 29.5 Å². The first-order valence-electron chi connectivity index (χ1n) is 9.64. The van der Waals surface area contributed by atoms with Gasteiger partial charge in [0, 0.05) is 36.5 Å². The fraction of sp³-hybridized carbons (Fsp3) is 0.0435. The smallest absolute Gasteiger partial charge is 0.255 e. The van der Waals surface area contributed by atoms with Gasteiger partial charge in [-0.1, -0.05) is 29.8 Å². The molecule has 0 saturated heterocycles. The third kappa shape index (κ3) is 3.91. The molecule has 7 nitrogen and oxygen atoms in total. The second-order valence-electron chi connectivity index (χ2n) is 6.94. The summed E-state index contributed by atoms with van der Waals surface area (Å²) in [6, 6.07) is 17.0. The molecule has 31 heavy (non-hydrogen) atoms. The van der Waals surface area contributed by atoms with E-state index in [1.54, 1.807) is 35.5 Å². The summed E-state index contributed by atoms with van der Waals surface area (Å²) in [7, 11) is 0. The number of benzene rings is 1. The van der Waals surface area contributed by atoms with Crippen LogP contribution in [0.3, 0.4) is 0 Å². The minimum atomic E-state index is -0.240. The van der Waals surface area contributed by atoms with Crippen molar-refractivity contribution in [3.63, 3.8) is 0 Å². The number of hydrogen-bond donors (Lipinski definition) is 1. The van der Waals surface area contributed by atoms with Gasteiger partial charge in [0.05, 0.1) is 28.5 Å². The molecule has 0 radical (unpaired) electrons. The number of para-hydroxylation sites is 1. The Morgan fingerprint density at radius 1 is 1.00 bits per heavy atom. The highest BCUT2D eigenvalue weighted by Gasteiger charge is 2.19. The summed E-state index contributed by atoms with van der Waals surface area (Å²) in [5.74, 6) is -0.240. The number of halogens is 1. The van der Waals surface area contributed by atoms with Crippen LogP contribution < -0.4 is 5.32 Å². The average molecular weight is 429 g/mol. The number of carbonyl (C=O) groups excluding carboxylic acids is 1.